The Hall–Kier alpha value is -2.63. The molecule has 2 rings (SSSR count). The van der Waals surface area contributed by atoms with Crippen LogP contribution >= 0.6 is 0 Å². The molecule has 0 aliphatic carbocycles. The lowest BCUT2D eigenvalue weighted by atomic mass is 10.0. The Morgan fingerprint density at radius 3 is 2.07 bits per heavy atom. The highest BCUT2D eigenvalue weighted by Crippen LogP contribution is 2.07. The zero-order valence-electron chi connectivity index (χ0n) is 17.4. The van der Waals surface area contributed by atoms with Crippen molar-refractivity contribution in [2.45, 2.75) is 46.1 Å². The summed E-state index contributed by atoms with van der Waals surface area (Å²) in [6.07, 6.45) is 3.30. The summed E-state index contributed by atoms with van der Waals surface area (Å²) in [7, 11) is 0. The van der Waals surface area contributed by atoms with Gasteiger partial charge < -0.3 is 19.5 Å². The predicted molar refractivity (Wildman–Crippen MR) is 114 cm³/mol. The van der Waals surface area contributed by atoms with Crippen LogP contribution in [0.3, 0.4) is 0 Å². The number of nitrogens with one attached hydrogen (secondary N) is 1. The van der Waals surface area contributed by atoms with Crippen LogP contribution in [0.25, 0.3) is 0 Å². The first-order valence-corrected chi connectivity index (χ1v) is 9.93. The van der Waals surface area contributed by atoms with E-state index in [4.69, 9.17) is 14.2 Å². The molecule has 2 aromatic carbocycles. The van der Waals surface area contributed by atoms with Crippen LogP contribution in [0.15, 0.2) is 72.8 Å². The van der Waals surface area contributed by atoms with E-state index in [1.165, 1.54) is 0 Å². The molecular formula is C24H31NO4. The summed E-state index contributed by atoms with van der Waals surface area (Å²) in [5.74, 6) is 0.219. The standard InChI is InChI=1S/C24H31NO4/c1-19(2)23(25-24(26)28-17-22-12-8-5-9-13-22)15-14-20(3)29-18-27-16-21-10-6-4-7-11-21/h4-15,19-20,23H,16-18H2,1-3H3,(H,25,26)/b15-14+/t20-,23-/m0/s1. The lowest BCUT2D eigenvalue weighted by molar-refractivity contribution is -0.0775. The first-order valence-electron chi connectivity index (χ1n) is 9.93. The van der Waals surface area contributed by atoms with Gasteiger partial charge in [0.1, 0.15) is 13.4 Å². The molecule has 0 fully saturated rings. The maximum atomic E-state index is 12.1. The summed E-state index contributed by atoms with van der Waals surface area (Å²) in [6.45, 7) is 6.99. The van der Waals surface area contributed by atoms with E-state index >= 15 is 0 Å². The van der Waals surface area contributed by atoms with Gasteiger partial charge >= 0.3 is 6.09 Å². The van der Waals surface area contributed by atoms with Gasteiger partial charge in [0.2, 0.25) is 0 Å². The number of alkyl carbamates (subject to hydrolysis) is 1. The molecule has 0 saturated carbocycles. The summed E-state index contributed by atoms with van der Waals surface area (Å²) in [4.78, 5) is 12.1. The van der Waals surface area contributed by atoms with Gasteiger partial charge in [-0.3, -0.25) is 0 Å². The molecule has 0 spiro atoms. The van der Waals surface area contributed by atoms with Crippen molar-refractivity contribution in [2.24, 2.45) is 5.92 Å². The third-order valence-corrected chi connectivity index (χ3v) is 4.33. The number of rotatable bonds is 11. The highest BCUT2D eigenvalue weighted by atomic mass is 16.7. The first kappa shape index (κ1) is 22.7. The van der Waals surface area contributed by atoms with Crippen molar-refractivity contribution in [2.75, 3.05) is 6.79 Å². The van der Waals surface area contributed by atoms with E-state index in [9.17, 15) is 4.79 Å². The van der Waals surface area contributed by atoms with Crippen LogP contribution in [0.2, 0.25) is 0 Å². The van der Waals surface area contributed by atoms with Crippen molar-refractivity contribution < 1.29 is 19.0 Å². The van der Waals surface area contributed by atoms with Crippen LogP contribution in [0.1, 0.15) is 31.9 Å². The Kier molecular flexibility index (Phi) is 9.96. The van der Waals surface area contributed by atoms with Gasteiger partial charge in [0.05, 0.1) is 18.8 Å². The maximum Gasteiger partial charge on any atom is 0.407 e. The number of benzene rings is 2. The smallest absolute Gasteiger partial charge is 0.407 e. The Labute approximate surface area is 173 Å². The molecule has 2 aromatic rings. The number of hydrogen-bond acceptors (Lipinski definition) is 4. The van der Waals surface area contributed by atoms with Crippen LogP contribution in [0, 0.1) is 5.92 Å². The Balaban J connectivity index is 1.70. The van der Waals surface area contributed by atoms with Gasteiger partial charge in [-0.2, -0.15) is 0 Å². The fourth-order valence-corrected chi connectivity index (χ4v) is 2.56. The summed E-state index contributed by atoms with van der Waals surface area (Å²) < 4.78 is 16.5. The topological polar surface area (TPSA) is 56.8 Å². The fraction of sp³-hybridized carbons (Fsp3) is 0.375. The number of ether oxygens (including phenoxy) is 3. The third kappa shape index (κ3) is 9.41. The Morgan fingerprint density at radius 2 is 1.48 bits per heavy atom. The van der Waals surface area contributed by atoms with E-state index in [0.717, 1.165) is 11.1 Å². The van der Waals surface area contributed by atoms with E-state index in [-0.39, 0.29) is 31.5 Å². The molecule has 0 unspecified atom stereocenters. The third-order valence-electron chi connectivity index (χ3n) is 4.33. The molecule has 0 radical (unpaired) electrons. The summed E-state index contributed by atoms with van der Waals surface area (Å²) >= 11 is 0. The number of hydrogen-bond donors (Lipinski definition) is 1. The summed E-state index contributed by atoms with van der Waals surface area (Å²) in [5.41, 5.74) is 2.06. The molecule has 0 aromatic heterocycles. The molecular weight excluding hydrogens is 366 g/mol. The first-order chi connectivity index (χ1) is 14.0. The molecule has 1 N–H and O–H groups in total. The van der Waals surface area contributed by atoms with E-state index < -0.39 is 6.09 Å². The van der Waals surface area contributed by atoms with E-state index in [2.05, 4.69) is 5.32 Å². The highest BCUT2D eigenvalue weighted by Gasteiger charge is 2.14. The SMILES string of the molecule is CC(C)[C@H](/C=C/[C@H](C)OCOCc1ccccc1)NC(=O)OCc1ccccc1. The van der Waals surface area contributed by atoms with Gasteiger partial charge in [0, 0.05) is 0 Å². The highest BCUT2D eigenvalue weighted by molar-refractivity contribution is 5.68. The minimum Gasteiger partial charge on any atom is -0.445 e. The van der Waals surface area contributed by atoms with Crippen LogP contribution in [-0.2, 0) is 27.4 Å². The second-order valence-electron chi connectivity index (χ2n) is 7.18. The van der Waals surface area contributed by atoms with Crippen molar-refractivity contribution in [3.63, 3.8) is 0 Å². The molecule has 0 bridgehead atoms. The maximum absolute atomic E-state index is 12.1. The monoisotopic (exact) mass is 397 g/mol. The molecule has 2 atom stereocenters. The predicted octanol–water partition coefficient (Wildman–Crippen LogP) is 5.07. The van der Waals surface area contributed by atoms with Gasteiger partial charge in [-0.1, -0.05) is 86.7 Å². The second kappa shape index (κ2) is 12.8. The zero-order valence-corrected chi connectivity index (χ0v) is 17.4. The number of carbonyl (C=O) groups is 1. The molecule has 156 valence electrons. The van der Waals surface area contributed by atoms with Crippen LogP contribution in [-0.4, -0.2) is 25.0 Å². The molecule has 0 aliphatic heterocycles. The lowest BCUT2D eigenvalue weighted by Crippen LogP contribution is -2.37. The van der Waals surface area contributed by atoms with Crippen molar-refractivity contribution in [1.82, 2.24) is 5.32 Å². The van der Waals surface area contributed by atoms with Crippen LogP contribution in [0.4, 0.5) is 4.79 Å². The molecule has 29 heavy (non-hydrogen) atoms. The molecule has 1 amide bonds. The van der Waals surface area contributed by atoms with Crippen LogP contribution < -0.4 is 5.32 Å². The largest absolute Gasteiger partial charge is 0.445 e. The minimum atomic E-state index is -0.433. The summed E-state index contributed by atoms with van der Waals surface area (Å²) in [6, 6.07) is 19.4. The van der Waals surface area contributed by atoms with Gasteiger partial charge in [-0.25, -0.2) is 4.79 Å². The zero-order chi connectivity index (χ0) is 20.9. The Bertz CT molecular complexity index is 731. The van der Waals surface area contributed by atoms with Crippen molar-refractivity contribution in [1.29, 1.82) is 0 Å². The van der Waals surface area contributed by atoms with Gasteiger partial charge in [-0.05, 0) is 24.0 Å². The molecule has 0 saturated heterocycles. The van der Waals surface area contributed by atoms with E-state index in [1.807, 2.05) is 93.6 Å². The van der Waals surface area contributed by atoms with E-state index in [1.54, 1.807) is 0 Å². The normalized spacial score (nSPS) is 13.4. The van der Waals surface area contributed by atoms with Gasteiger partial charge in [0.15, 0.2) is 0 Å². The number of amides is 1. The molecule has 0 aliphatic rings. The van der Waals surface area contributed by atoms with Crippen molar-refractivity contribution in [3.05, 3.63) is 83.9 Å². The van der Waals surface area contributed by atoms with Crippen molar-refractivity contribution >= 4 is 6.09 Å². The number of carbonyl (C=O) groups excluding carboxylic acids is 1. The molecule has 0 heterocycles. The molecule has 5 heteroatoms. The second-order valence-corrected chi connectivity index (χ2v) is 7.18. The van der Waals surface area contributed by atoms with Gasteiger partial charge in [0.25, 0.3) is 0 Å². The fourth-order valence-electron chi connectivity index (χ4n) is 2.56. The van der Waals surface area contributed by atoms with Crippen LogP contribution in [0.5, 0.6) is 0 Å². The molecule has 5 nitrogen and oxygen atoms in total. The quantitative estimate of drug-likeness (QED) is 0.327. The van der Waals surface area contributed by atoms with Gasteiger partial charge in [-0.15, -0.1) is 0 Å². The minimum absolute atomic E-state index is 0.130. The van der Waals surface area contributed by atoms with Crippen molar-refractivity contribution in [3.8, 4) is 0 Å². The van der Waals surface area contributed by atoms with E-state index in [0.29, 0.717) is 6.61 Å². The lowest BCUT2D eigenvalue weighted by Gasteiger charge is -2.19. The average Bonchev–Trinajstić information content (AvgIpc) is 2.74. The summed E-state index contributed by atoms with van der Waals surface area (Å²) in [5, 5.41) is 2.90. The average molecular weight is 398 g/mol. The Morgan fingerprint density at radius 1 is 0.897 bits per heavy atom.